The number of hydrogen-bond acceptors (Lipinski definition) is 2. The van der Waals surface area contributed by atoms with Crippen LogP contribution in [-0.2, 0) is 6.42 Å². The zero-order valence-electron chi connectivity index (χ0n) is 11.3. The highest BCUT2D eigenvalue weighted by atomic mass is 16.1. The van der Waals surface area contributed by atoms with E-state index in [4.69, 9.17) is 0 Å². The lowest BCUT2D eigenvalue weighted by atomic mass is 10.1. The Morgan fingerprint density at radius 1 is 1.21 bits per heavy atom. The quantitative estimate of drug-likeness (QED) is 0.910. The highest BCUT2D eigenvalue weighted by Gasteiger charge is 2.14. The Bertz CT molecular complexity index is 552. The molecule has 0 aliphatic heterocycles. The van der Waals surface area contributed by atoms with Crippen molar-refractivity contribution in [1.82, 2.24) is 10.3 Å². The predicted molar refractivity (Wildman–Crippen MR) is 75.9 cm³/mol. The number of nitrogens with one attached hydrogen (secondary N) is 1. The number of carbonyl (C=O) groups is 1. The highest BCUT2D eigenvalue weighted by Crippen LogP contribution is 2.13. The number of hydrogen-bond donors (Lipinski definition) is 1. The largest absolute Gasteiger partial charge is 0.344 e. The molecule has 3 heteroatoms. The zero-order chi connectivity index (χ0) is 13.7. The van der Waals surface area contributed by atoms with Crippen molar-refractivity contribution >= 4 is 5.91 Å². The number of amides is 1. The molecule has 0 spiro atoms. The van der Waals surface area contributed by atoms with Gasteiger partial charge in [0.15, 0.2) is 0 Å². The lowest BCUT2D eigenvalue weighted by Crippen LogP contribution is -2.28. The van der Waals surface area contributed by atoms with E-state index in [1.54, 1.807) is 6.20 Å². The Morgan fingerprint density at radius 3 is 2.63 bits per heavy atom. The van der Waals surface area contributed by atoms with E-state index >= 15 is 0 Å². The second-order valence-corrected chi connectivity index (χ2v) is 4.47. The van der Waals surface area contributed by atoms with Crippen molar-refractivity contribution in [3.63, 3.8) is 0 Å². The number of pyridine rings is 1. The topological polar surface area (TPSA) is 42.0 Å². The van der Waals surface area contributed by atoms with Gasteiger partial charge in [-0.1, -0.05) is 43.3 Å². The Hall–Kier alpha value is -2.16. The summed E-state index contributed by atoms with van der Waals surface area (Å²) in [7, 11) is 0. The third-order valence-corrected chi connectivity index (χ3v) is 3.13. The van der Waals surface area contributed by atoms with Gasteiger partial charge in [-0.15, -0.1) is 0 Å². The second kappa shape index (κ2) is 6.14. The van der Waals surface area contributed by atoms with Crippen molar-refractivity contribution in [2.45, 2.75) is 26.3 Å². The molecule has 1 N–H and O–H groups in total. The molecular formula is C16H18N2O. The molecule has 1 aromatic heterocycles. The minimum Gasteiger partial charge on any atom is -0.344 e. The van der Waals surface area contributed by atoms with E-state index in [0.717, 1.165) is 17.5 Å². The smallest absolute Gasteiger partial charge is 0.270 e. The van der Waals surface area contributed by atoms with E-state index in [-0.39, 0.29) is 11.9 Å². The zero-order valence-corrected chi connectivity index (χ0v) is 11.3. The maximum atomic E-state index is 12.2. The highest BCUT2D eigenvalue weighted by molar-refractivity contribution is 5.93. The van der Waals surface area contributed by atoms with E-state index in [9.17, 15) is 4.79 Å². The molecule has 1 atom stereocenters. The van der Waals surface area contributed by atoms with Crippen LogP contribution in [0.3, 0.4) is 0 Å². The number of benzene rings is 1. The molecule has 0 radical (unpaired) electrons. The first-order valence-corrected chi connectivity index (χ1v) is 6.52. The Balaban J connectivity index is 2.13. The van der Waals surface area contributed by atoms with Gasteiger partial charge in [0.05, 0.1) is 6.04 Å². The summed E-state index contributed by atoms with van der Waals surface area (Å²) in [5.74, 6) is -0.117. The molecule has 0 fully saturated rings. The van der Waals surface area contributed by atoms with Gasteiger partial charge in [0.25, 0.3) is 5.91 Å². The number of carbonyl (C=O) groups excluding carboxylic acids is 1. The van der Waals surface area contributed by atoms with Gasteiger partial charge < -0.3 is 5.32 Å². The minimum absolute atomic E-state index is 0.0274. The van der Waals surface area contributed by atoms with Gasteiger partial charge in [0.1, 0.15) is 5.69 Å². The predicted octanol–water partition coefficient (Wildman–Crippen LogP) is 3.14. The maximum Gasteiger partial charge on any atom is 0.270 e. The first-order chi connectivity index (χ1) is 9.22. The summed E-state index contributed by atoms with van der Waals surface area (Å²) in [6.45, 7) is 4.00. The maximum absolute atomic E-state index is 12.2. The average molecular weight is 254 g/mol. The first-order valence-electron chi connectivity index (χ1n) is 6.52. The molecule has 2 rings (SSSR count). The summed E-state index contributed by atoms with van der Waals surface area (Å²) >= 11 is 0. The molecule has 0 bridgehead atoms. The SMILES string of the molecule is CCc1cccnc1C(=O)NC(C)c1ccccc1. The van der Waals surface area contributed by atoms with E-state index in [0.29, 0.717) is 5.69 Å². The summed E-state index contributed by atoms with van der Waals surface area (Å²) < 4.78 is 0. The molecule has 1 unspecified atom stereocenters. The van der Waals surface area contributed by atoms with Gasteiger partial charge in [-0.05, 0) is 30.5 Å². The molecule has 0 aliphatic carbocycles. The molecule has 3 nitrogen and oxygen atoms in total. The van der Waals surface area contributed by atoms with Crippen LogP contribution in [-0.4, -0.2) is 10.9 Å². The molecule has 0 aliphatic rings. The average Bonchev–Trinajstić information content (AvgIpc) is 2.48. The molecule has 2 aromatic rings. The summed E-state index contributed by atoms with van der Waals surface area (Å²) in [6, 6.07) is 13.7. The number of nitrogens with zero attached hydrogens (tertiary/aromatic N) is 1. The van der Waals surface area contributed by atoms with Gasteiger partial charge in [0.2, 0.25) is 0 Å². The molecular weight excluding hydrogens is 236 g/mol. The van der Waals surface area contributed by atoms with Crippen molar-refractivity contribution in [2.24, 2.45) is 0 Å². The van der Waals surface area contributed by atoms with Crippen LogP contribution < -0.4 is 5.32 Å². The van der Waals surface area contributed by atoms with Crippen LogP contribution >= 0.6 is 0 Å². The molecule has 19 heavy (non-hydrogen) atoms. The first kappa shape index (κ1) is 13.3. The van der Waals surface area contributed by atoms with Crippen LogP contribution in [0.5, 0.6) is 0 Å². The molecule has 98 valence electrons. The Morgan fingerprint density at radius 2 is 1.95 bits per heavy atom. The van der Waals surface area contributed by atoms with Crippen LogP contribution in [0, 0.1) is 0 Å². The monoisotopic (exact) mass is 254 g/mol. The Labute approximate surface area is 113 Å². The molecule has 1 heterocycles. The van der Waals surface area contributed by atoms with E-state index in [2.05, 4.69) is 10.3 Å². The summed E-state index contributed by atoms with van der Waals surface area (Å²) in [4.78, 5) is 16.4. The van der Waals surface area contributed by atoms with Crippen LogP contribution in [0.2, 0.25) is 0 Å². The fourth-order valence-electron chi connectivity index (χ4n) is 2.02. The number of rotatable bonds is 4. The normalized spacial score (nSPS) is 11.9. The Kier molecular flexibility index (Phi) is 4.29. The third kappa shape index (κ3) is 3.19. The minimum atomic E-state index is -0.117. The van der Waals surface area contributed by atoms with E-state index < -0.39 is 0 Å². The lowest BCUT2D eigenvalue weighted by Gasteiger charge is -2.15. The number of aromatic nitrogens is 1. The van der Waals surface area contributed by atoms with Crippen molar-refractivity contribution < 1.29 is 4.79 Å². The molecule has 1 aromatic carbocycles. The second-order valence-electron chi connectivity index (χ2n) is 4.47. The van der Waals surface area contributed by atoms with Crippen LogP contribution in [0.15, 0.2) is 48.7 Å². The van der Waals surface area contributed by atoms with Gasteiger partial charge in [0, 0.05) is 6.20 Å². The van der Waals surface area contributed by atoms with E-state index in [1.165, 1.54) is 0 Å². The fraction of sp³-hybridized carbons (Fsp3) is 0.250. The van der Waals surface area contributed by atoms with Gasteiger partial charge in [-0.2, -0.15) is 0 Å². The van der Waals surface area contributed by atoms with Crippen molar-refractivity contribution in [3.05, 3.63) is 65.5 Å². The van der Waals surface area contributed by atoms with Crippen LogP contribution in [0.25, 0.3) is 0 Å². The summed E-state index contributed by atoms with van der Waals surface area (Å²) in [5.41, 5.74) is 2.58. The lowest BCUT2D eigenvalue weighted by molar-refractivity contribution is 0.0934. The van der Waals surface area contributed by atoms with Gasteiger partial charge in [-0.3, -0.25) is 9.78 Å². The third-order valence-electron chi connectivity index (χ3n) is 3.13. The summed E-state index contributed by atoms with van der Waals surface area (Å²) in [6.07, 6.45) is 2.46. The van der Waals surface area contributed by atoms with Crippen molar-refractivity contribution in [1.29, 1.82) is 0 Å². The van der Waals surface area contributed by atoms with Crippen LogP contribution in [0.1, 0.15) is 41.5 Å². The van der Waals surface area contributed by atoms with Gasteiger partial charge >= 0.3 is 0 Å². The van der Waals surface area contributed by atoms with Gasteiger partial charge in [-0.25, -0.2) is 0 Å². The van der Waals surface area contributed by atoms with Crippen molar-refractivity contribution in [3.8, 4) is 0 Å². The number of aryl methyl sites for hydroxylation is 1. The summed E-state index contributed by atoms with van der Waals surface area (Å²) in [5, 5.41) is 2.99. The van der Waals surface area contributed by atoms with Crippen LogP contribution in [0.4, 0.5) is 0 Å². The molecule has 1 amide bonds. The molecule has 0 saturated carbocycles. The molecule has 0 saturated heterocycles. The van der Waals surface area contributed by atoms with Crippen molar-refractivity contribution in [2.75, 3.05) is 0 Å². The fourth-order valence-corrected chi connectivity index (χ4v) is 2.02. The standard InChI is InChI=1S/C16H18N2O/c1-3-13-10-7-11-17-15(13)16(19)18-12(2)14-8-5-4-6-9-14/h4-12H,3H2,1-2H3,(H,18,19). The van der Waals surface area contributed by atoms with E-state index in [1.807, 2.05) is 56.3 Å².